The van der Waals surface area contributed by atoms with Gasteiger partial charge < -0.3 is 10.2 Å². The van der Waals surface area contributed by atoms with E-state index in [-0.39, 0.29) is 5.91 Å². The van der Waals surface area contributed by atoms with Crippen LogP contribution in [0.2, 0.25) is 0 Å². The summed E-state index contributed by atoms with van der Waals surface area (Å²) in [4.78, 5) is 15.1. The van der Waals surface area contributed by atoms with E-state index in [4.69, 9.17) is 0 Å². The SMILES string of the molecule is CCC1CC2(C1)CN(C(=O)c1cnn3ccc(Nc4n[nH]c5c4CCC5)cc13)C2. The van der Waals surface area contributed by atoms with Gasteiger partial charge in [-0.05, 0) is 50.2 Å². The number of anilines is 2. The molecule has 0 radical (unpaired) electrons. The zero-order valence-corrected chi connectivity index (χ0v) is 16.7. The van der Waals surface area contributed by atoms with Crippen LogP contribution in [0.15, 0.2) is 24.5 Å². The molecule has 7 heteroatoms. The lowest BCUT2D eigenvalue weighted by atomic mass is 9.57. The summed E-state index contributed by atoms with van der Waals surface area (Å²) in [5.41, 5.74) is 5.38. The summed E-state index contributed by atoms with van der Waals surface area (Å²) in [5.74, 6) is 1.86. The highest BCUT2D eigenvalue weighted by atomic mass is 16.2. The Morgan fingerprint density at radius 1 is 1.34 bits per heavy atom. The highest BCUT2D eigenvalue weighted by Gasteiger charge is 2.53. The normalized spacial score (nSPS) is 20.0. The van der Waals surface area contributed by atoms with E-state index < -0.39 is 0 Å². The van der Waals surface area contributed by atoms with Crippen LogP contribution in [0, 0.1) is 11.3 Å². The summed E-state index contributed by atoms with van der Waals surface area (Å²) in [5, 5.41) is 15.4. The predicted octanol–water partition coefficient (Wildman–Crippen LogP) is 3.55. The molecule has 0 aromatic carbocycles. The van der Waals surface area contributed by atoms with Gasteiger partial charge in [-0.1, -0.05) is 13.3 Å². The fourth-order valence-electron chi connectivity index (χ4n) is 5.57. The average molecular weight is 390 g/mol. The molecule has 1 spiro atoms. The van der Waals surface area contributed by atoms with Gasteiger partial charge in [0.1, 0.15) is 0 Å². The number of aryl methyl sites for hydroxylation is 1. The number of carbonyl (C=O) groups is 1. The van der Waals surface area contributed by atoms with E-state index in [1.54, 1.807) is 10.7 Å². The maximum Gasteiger partial charge on any atom is 0.257 e. The number of amides is 1. The van der Waals surface area contributed by atoms with Crippen molar-refractivity contribution in [1.82, 2.24) is 24.7 Å². The first-order valence-electron chi connectivity index (χ1n) is 10.7. The van der Waals surface area contributed by atoms with Crippen molar-refractivity contribution in [1.29, 1.82) is 0 Å². The number of hydrogen-bond donors (Lipinski definition) is 2. The Morgan fingerprint density at radius 3 is 3.03 bits per heavy atom. The van der Waals surface area contributed by atoms with E-state index in [1.807, 2.05) is 23.2 Å². The molecule has 3 aromatic rings. The minimum atomic E-state index is 0.100. The van der Waals surface area contributed by atoms with Gasteiger partial charge in [-0.3, -0.25) is 9.89 Å². The lowest BCUT2D eigenvalue weighted by Crippen LogP contribution is -2.63. The number of H-pyrrole nitrogens is 1. The summed E-state index contributed by atoms with van der Waals surface area (Å²) < 4.78 is 1.78. The largest absolute Gasteiger partial charge is 0.338 e. The van der Waals surface area contributed by atoms with E-state index >= 15 is 0 Å². The second-order valence-corrected chi connectivity index (χ2v) is 9.16. The molecular formula is C22H26N6O. The van der Waals surface area contributed by atoms with Gasteiger partial charge in [0, 0.05) is 41.6 Å². The smallest absolute Gasteiger partial charge is 0.257 e. The molecule has 3 aliphatic rings. The van der Waals surface area contributed by atoms with E-state index in [0.29, 0.717) is 11.0 Å². The summed E-state index contributed by atoms with van der Waals surface area (Å²) in [6.07, 6.45) is 10.7. The number of likely N-dealkylation sites (tertiary alicyclic amines) is 1. The first kappa shape index (κ1) is 17.1. The van der Waals surface area contributed by atoms with Gasteiger partial charge >= 0.3 is 0 Å². The van der Waals surface area contributed by atoms with Gasteiger partial charge in [-0.25, -0.2) is 4.52 Å². The van der Waals surface area contributed by atoms with E-state index in [9.17, 15) is 4.79 Å². The molecule has 0 atom stereocenters. The Balaban J connectivity index is 1.22. The van der Waals surface area contributed by atoms with Crippen molar-refractivity contribution < 1.29 is 4.79 Å². The van der Waals surface area contributed by atoms with Crippen LogP contribution in [0.1, 0.15) is 54.2 Å². The van der Waals surface area contributed by atoms with Gasteiger partial charge in [-0.2, -0.15) is 10.2 Å². The van der Waals surface area contributed by atoms with Crippen LogP contribution in [0.25, 0.3) is 5.52 Å². The monoisotopic (exact) mass is 390 g/mol. The zero-order chi connectivity index (χ0) is 19.6. The lowest BCUT2D eigenvalue weighted by molar-refractivity contribution is -0.0769. The molecule has 2 aliphatic carbocycles. The molecule has 1 aliphatic heterocycles. The minimum Gasteiger partial charge on any atom is -0.338 e. The van der Waals surface area contributed by atoms with E-state index in [2.05, 4.69) is 27.5 Å². The molecule has 1 saturated heterocycles. The van der Waals surface area contributed by atoms with Gasteiger partial charge in [-0.15, -0.1) is 0 Å². The summed E-state index contributed by atoms with van der Waals surface area (Å²) in [7, 11) is 0. The predicted molar refractivity (Wildman–Crippen MR) is 110 cm³/mol. The molecule has 1 amide bonds. The molecule has 2 fully saturated rings. The standard InChI is InChI=1S/C22H26N6O/c1-2-14-9-22(10-14)12-27(13-22)21(29)17-11-23-28-7-6-15(8-19(17)28)24-20-16-4-3-5-18(16)25-26-20/h6-8,11,14H,2-5,9-10,12-13H2,1H3,(H2,24,25,26). The molecule has 7 nitrogen and oxygen atoms in total. The minimum absolute atomic E-state index is 0.100. The molecule has 1 saturated carbocycles. The second kappa shape index (κ2) is 6.08. The van der Waals surface area contributed by atoms with E-state index in [1.165, 1.54) is 36.9 Å². The van der Waals surface area contributed by atoms with Gasteiger partial charge in [0.25, 0.3) is 5.91 Å². The molecule has 29 heavy (non-hydrogen) atoms. The number of nitrogens with one attached hydrogen (secondary N) is 2. The van der Waals surface area contributed by atoms with Crippen LogP contribution in [-0.4, -0.2) is 43.7 Å². The third kappa shape index (κ3) is 2.59. The molecule has 0 bridgehead atoms. The number of rotatable bonds is 4. The van der Waals surface area contributed by atoms with Crippen molar-refractivity contribution in [3.05, 3.63) is 41.3 Å². The van der Waals surface area contributed by atoms with Crippen molar-refractivity contribution in [2.24, 2.45) is 11.3 Å². The van der Waals surface area contributed by atoms with E-state index in [0.717, 1.165) is 48.9 Å². The fourth-order valence-corrected chi connectivity index (χ4v) is 5.57. The number of aromatic amines is 1. The van der Waals surface area contributed by atoms with Crippen LogP contribution >= 0.6 is 0 Å². The van der Waals surface area contributed by atoms with Crippen molar-refractivity contribution in [3.8, 4) is 0 Å². The Bertz CT molecular complexity index is 1100. The van der Waals surface area contributed by atoms with Crippen molar-refractivity contribution in [3.63, 3.8) is 0 Å². The Hall–Kier alpha value is -2.83. The van der Waals surface area contributed by atoms with Crippen LogP contribution in [0.4, 0.5) is 11.5 Å². The summed E-state index contributed by atoms with van der Waals surface area (Å²) in [6.45, 7) is 4.06. The Kier molecular flexibility index (Phi) is 3.58. The molecule has 0 unspecified atom stereocenters. The van der Waals surface area contributed by atoms with Crippen molar-refractivity contribution in [2.75, 3.05) is 18.4 Å². The van der Waals surface area contributed by atoms with Gasteiger partial charge in [0.15, 0.2) is 5.82 Å². The molecule has 4 heterocycles. The van der Waals surface area contributed by atoms with Gasteiger partial charge in [0.05, 0.1) is 17.3 Å². The topological polar surface area (TPSA) is 78.3 Å². The Labute approximate surface area is 169 Å². The first-order chi connectivity index (χ1) is 14.1. The number of aromatic nitrogens is 4. The maximum absolute atomic E-state index is 13.1. The molecule has 3 aromatic heterocycles. The van der Waals surface area contributed by atoms with Crippen molar-refractivity contribution >= 4 is 22.9 Å². The number of pyridine rings is 1. The van der Waals surface area contributed by atoms with Gasteiger partial charge in [0.2, 0.25) is 0 Å². The first-order valence-corrected chi connectivity index (χ1v) is 10.7. The van der Waals surface area contributed by atoms with Crippen LogP contribution < -0.4 is 5.32 Å². The molecule has 6 rings (SSSR count). The summed E-state index contributed by atoms with van der Waals surface area (Å²) >= 11 is 0. The third-order valence-electron chi connectivity index (χ3n) is 7.18. The van der Waals surface area contributed by atoms with Crippen LogP contribution in [0.5, 0.6) is 0 Å². The number of hydrogen-bond acceptors (Lipinski definition) is 4. The Morgan fingerprint density at radius 2 is 2.21 bits per heavy atom. The lowest BCUT2D eigenvalue weighted by Gasteiger charge is -2.59. The highest BCUT2D eigenvalue weighted by Crippen LogP contribution is 2.53. The molecule has 2 N–H and O–H groups in total. The zero-order valence-electron chi connectivity index (χ0n) is 16.7. The second-order valence-electron chi connectivity index (χ2n) is 9.16. The van der Waals surface area contributed by atoms with Crippen molar-refractivity contribution in [2.45, 2.75) is 45.4 Å². The van der Waals surface area contributed by atoms with Crippen LogP contribution in [0.3, 0.4) is 0 Å². The third-order valence-corrected chi connectivity index (χ3v) is 7.18. The fraction of sp³-hybridized carbons (Fsp3) is 0.500. The highest BCUT2D eigenvalue weighted by molar-refractivity contribution is 6.01. The number of fused-ring (bicyclic) bond motifs is 2. The number of carbonyl (C=O) groups excluding carboxylic acids is 1. The van der Waals surface area contributed by atoms with Crippen LogP contribution in [-0.2, 0) is 12.8 Å². The molecular weight excluding hydrogens is 364 g/mol. The average Bonchev–Trinajstić information content (AvgIpc) is 3.36. The molecule has 150 valence electrons. The summed E-state index contributed by atoms with van der Waals surface area (Å²) in [6, 6.07) is 3.98. The maximum atomic E-state index is 13.1. The quantitative estimate of drug-likeness (QED) is 0.714. The number of nitrogens with zero attached hydrogens (tertiary/aromatic N) is 4.